The van der Waals surface area contributed by atoms with Crippen LogP contribution in [-0.2, 0) is 0 Å². The fourth-order valence-corrected chi connectivity index (χ4v) is 2.79. The molecule has 1 heterocycles. The molecule has 0 radical (unpaired) electrons. The van der Waals surface area contributed by atoms with Gasteiger partial charge in [-0.1, -0.05) is 18.3 Å². The van der Waals surface area contributed by atoms with E-state index in [9.17, 15) is 4.79 Å². The zero-order valence-corrected chi connectivity index (χ0v) is 12.8. The normalized spacial score (nSPS) is 9.79. The first-order valence-electron chi connectivity index (χ1n) is 6.34. The summed E-state index contributed by atoms with van der Waals surface area (Å²) >= 11 is 3.27. The average Bonchev–Trinajstić information content (AvgIpc) is 2.89. The lowest BCUT2D eigenvalue weighted by molar-refractivity contribution is 0.0957. The summed E-state index contributed by atoms with van der Waals surface area (Å²) in [5.41, 5.74) is 5.31. The number of thiophene rings is 1. The Kier molecular flexibility index (Phi) is 8.39. The van der Waals surface area contributed by atoms with Gasteiger partial charge in [-0.2, -0.15) is 11.8 Å². The van der Waals surface area contributed by atoms with Crippen LogP contribution in [0.5, 0.6) is 0 Å². The lowest BCUT2D eigenvalue weighted by atomic mass is 10.2. The van der Waals surface area contributed by atoms with Crippen molar-refractivity contribution >= 4 is 29.0 Å². The molecule has 0 aliphatic carbocycles. The van der Waals surface area contributed by atoms with E-state index < -0.39 is 0 Å². The third-order valence-electron chi connectivity index (χ3n) is 2.45. The maximum absolute atomic E-state index is 11.8. The maximum atomic E-state index is 11.8. The van der Waals surface area contributed by atoms with Crippen LogP contribution in [0.1, 0.15) is 33.8 Å². The highest BCUT2D eigenvalue weighted by Gasteiger charge is 2.07. The van der Waals surface area contributed by atoms with Crippen LogP contribution < -0.4 is 11.1 Å². The molecule has 0 aliphatic heterocycles. The SMILES string of the molecule is CSCCCCCNC(=O)c1ccc(C#CCN)s1. The van der Waals surface area contributed by atoms with Crippen LogP contribution in [-0.4, -0.2) is 31.0 Å². The number of amides is 1. The average molecular weight is 296 g/mol. The highest BCUT2D eigenvalue weighted by atomic mass is 32.2. The van der Waals surface area contributed by atoms with Gasteiger partial charge in [-0.15, -0.1) is 11.3 Å². The van der Waals surface area contributed by atoms with Gasteiger partial charge in [0.25, 0.3) is 5.91 Å². The Morgan fingerprint density at radius 1 is 1.42 bits per heavy atom. The lowest BCUT2D eigenvalue weighted by Gasteiger charge is -2.02. The molecule has 0 bridgehead atoms. The fraction of sp³-hybridized carbons (Fsp3) is 0.500. The molecule has 0 atom stereocenters. The molecule has 0 saturated carbocycles. The standard InChI is InChI=1S/C14H20N2OS2/c1-18-11-4-2-3-10-16-14(17)13-8-7-12(19-13)6-5-9-15/h7-8H,2-4,9-11,15H2,1H3,(H,16,17). The highest BCUT2D eigenvalue weighted by molar-refractivity contribution is 7.98. The van der Waals surface area contributed by atoms with Gasteiger partial charge < -0.3 is 11.1 Å². The molecule has 1 aromatic heterocycles. The first kappa shape index (κ1) is 16.1. The topological polar surface area (TPSA) is 55.1 Å². The summed E-state index contributed by atoms with van der Waals surface area (Å²) in [6.07, 6.45) is 5.54. The van der Waals surface area contributed by atoms with Crippen molar-refractivity contribution in [3.05, 3.63) is 21.9 Å². The van der Waals surface area contributed by atoms with Gasteiger partial charge >= 0.3 is 0 Å². The van der Waals surface area contributed by atoms with E-state index in [2.05, 4.69) is 23.4 Å². The number of hydrogen-bond donors (Lipinski definition) is 2. The van der Waals surface area contributed by atoms with Crippen molar-refractivity contribution in [3.8, 4) is 11.8 Å². The van der Waals surface area contributed by atoms with Crippen LogP contribution in [0.2, 0.25) is 0 Å². The minimum Gasteiger partial charge on any atom is -0.351 e. The van der Waals surface area contributed by atoms with E-state index >= 15 is 0 Å². The predicted molar refractivity (Wildman–Crippen MR) is 84.8 cm³/mol. The quantitative estimate of drug-likeness (QED) is 0.600. The maximum Gasteiger partial charge on any atom is 0.261 e. The Bertz CT molecular complexity index is 446. The molecular weight excluding hydrogens is 276 g/mol. The van der Waals surface area contributed by atoms with Gasteiger partial charge in [-0.3, -0.25) is 4.79 Å². The molecule has 0 spiro atoms. The van der Waals surface area contributed by atoms with E-state index in [1.165, 1.54) is 29.9 Å². The lowest BCUT2D eigenvalue weighted by Crippen LogP contribution is -2.23. The number of hydrogen-bond acceptors (Lipinski definition) is 4. The molecule has 3 nitrogen and oxygen atoms in total. The highest BCUT2D eigenvalue weighted by Crippen LogP contribution is 2.15. The largest absolute Gasteiger partial charge is 0.351 e. The minimum atomic E-state index is -0.00401. The predicted octanol–water partition coefficient (Wildman–Crippen LogP) is 2.32. The minimum absolute atomic E-state index is 0.00401. The molecule has 1 aromatic rings. The molecule has 0 fully saturated rings. The second-order valence-electron chi connectivity index (χ2n) is 3.98. The molecule has 3 N–H and O–H groups in total. The van der Waals surface area contributed by atoms with Gasteiger partial charge in [0.15, 0.2) is 0 Å². The third-order valence-corrected chi connectivity index (χ3v) is 4.15. The van der Waals surface area contributed by atoms with Crippen molar-refractivity contribution in [1.29, 1.82) is 0 Å². The van der Waals surface area contributed by atoms with E-state index in [1.54, 1.807) is 0 Å². The molecule has 19 heavy (non-hydrogen) atoms. The van der Waals surface area contributed by atoms with Crippen LogP contribution in [0.4, 0.5) is 0 Å². The second-order valence-corrected chi connectivity index (χ2v) is 6.05. The second kappa shape index (κ2) is 9.90. The first-order valence-corrected chi connectivity index (χ1v) is 8.55. The summed E-state index contributed by atoms with van der Waals surface area (Å²) in [4.78, 5) is 13.4. The molecule has 1 amide bonds. The summed E-state index contributed by atoms with van der Waals surface area (Å²) in [5.74, 6) is 6.91. The zero-order valence-electron chi connectivity index (χ0n) is 11.2. The number of nitrogens with one attached hydrogen (secondary N) is 1. The van der Waals surface area contributed by atoms with Gasteiger partial charge in [0.1, 0.15) is 0 Å². The van der Waals surface area contributed by atoms with Crippen LogP contribution in [0.15, 0.2) is 12.1 Å². The Balaban J connectivity index is 2.27. The Morgan fingerprint density at radius 2 is 2.26 bits per heavy atom. The Labute approximate surface area is 123 Å². The zero-order chi connectivity index (χ0) is 13.9. The molecule has 1 rings (SSSR count). The summed E-state index contributed by atoms with van der Waals surface area (Å²) in [6.45, 7) is 1.09. The van der Waals surface area contributed by atoms with Crippen LogP contribution >= 0.6 is 23.1 Å². The molecular formula is C14H20N2OS2. The number of carbonyl (C=O) groups is 1. The van der Waals surface area contributed by atoms with Gasteiger partial charge in [0.05, 0.1) is 16.3 Å². The van der Waals surface area contributed by atoms with Crippen molar-refractivity contribution in [2.24, 2.45) is 5.73 Å². The monoisotopic (exact) mass is 296 g/mol. The summed E-state index contributed by atoms with van der Waals surface area (Å²) in [6, 6.07) is 3.68. The summed E-state index contributed by atoms with van der Waals surface area (Å²) in [5, 5.41) is 2.94. The molecule has 104 valence electrons. The molecule has 0 unspecified atom stereocenters. The van der Waals surface area contributed by atoms with Crippen LogP contribution in [0, 0.1) is 11.8 Å². The van der Waals surface area contributed by atoms with E-state index in [1.807, 2.05) is 23.9 Å². The van der Waals surface area contributed by atoms with E-state index in [0.717, 1.165) is 17.8 Å². The Hall–Kier alpha value is -0.960. The summed E-state index contributed by atoms with van der Waals surface area (Å²) < 4.78 is 0. The Morgan fingerprint density at radius 3 is 3.00 bits per heavy atom. The number of thioether (sulfide) groups is 1. The van der Waals surface area contributed by atoms with Crippen molar-refractivity contribution in [2.75, 3.05) is 25.1 Å². The smallest absolute Gasteiger partial charge is 0.261 e. The fourth-order valence-electron chi connectivity index (χ4n) is 1.50. The number of unbranched alkanes of at least 4 members (excludes halogenated alkanes) is 2. The molecule has 0 aliphatic rings. The van der Waals surface area contributed by atoms with Crippen LogP contribution in [0.25, 0.3) is 0 Å². The first-order chi connectivity index (χ1) is 9.27. The van der Waals surface area contributed by atoms with Crippen molar-refractivity contribution in [1.82, 2.24) is 5.32 Å². The van der Waals surface area contributed by atoms with Gasteiger partial charge in [-0.25, -0.2) is 0 Å². The van der Waals surface area contributed by atoms with Crippen molar-refractivity contribution in [3.63, 3.8) is 0 Å². The van der Waals surface area contributed by atoms with Gasteiger partial charge in [0.2, 0.25) is 0 Å². The number of carbonyl (C=O) groups excluding carboxylic acids is 1. The van der Waals surface area contributed by atoms with Gasteiger partial charge in [0, 0.05) is 6.54 Å². The van der Waals surface area contributed by atoms with Gasteiger partial charge in [-0.05, 0) is 37.0 Å². The number of nitrogens with two attached hydrogens (primary N) is 1. The van der Waals surface area contributed by atoms with Crippen molar-refractivity contribution < 1.29 is 4.79 Å². The van der Waals surface area contributed by atoms with E-state index in [-0.39, 0.29) is 5.91 Å². The molecule has 5 heteroatoms. The third kappa shape index (κ3) is 6.67. The molecule has 0 aromatic carbocycles. The molecule has 0 saturated heterocycles. The summed E-state index contributed by atoms with van der Waals surface area (Å²) in [7, 11) is 0. The van der Waals surface area contributed by atoms with E-state index in [0.29, 0.717) is 11.4 Å². The van der Waals surface area contributed by atoms with Crippen LogP contribution in [0.3, 0.4) is 0 Å². The van der Waals surface area contributed by atoms with E-state index in [4.69, 9.17) is 5.73 Å². The number of rotatable bonds is 7. The van der Waals surface area contributed by atoms with Crippen molar-refractivity contribution in [2.45, 2.75) is 19.3 Å².